The van der Waals surface area contributed by atoms with Crippen LogP contribution in [0.3, 0.4) is 0 Å². The smallest absolute Gasteiger partial charge is 0.228 e. The molecule has 1 saturated carbocycles. The van der Waals surface area contributed by atoms with Crippen molar-refractivity contribution in [2.75, 3.05) is 19.6 Å². The average Bonchev–Trinajstić information content (AvgIpc) is 3.34. The molecule has 162 valence electrons. The highest BCUT2D eigenvalue weighted by Crippen LogP contribution is 2.43. The Morgan fingerprint density at radius 2 is 2.00 bits per heavy atom. The van der Waals surface area contributed by atoms with Crippen molar-refractivity contribution in [3.05, 3.63) is 72.3 Å². The number of nitrogens with zero attached hydrogens (tertiary/aromatic N) is 1. The van der Waals surface area contributed by atoms with Crippen molar-refractivity contribution >= 4 is 11.8 Å². The number of carbonyl (C=O) groups excluding carboxylic acids is 2. The number of carbonyl (C=O) groups is 2. The summed E-state index contributed by atoms with van der Waals surface area (Å²) in [4.78, 5) is 28.2. The van der Waals surface area contributed by atoms with E-state index >= 15 is 0 Å². The van der Waals surface area contributed by atoms with E-state index in [1.807, 2.05) is 17.0 Å². The molecule has 0 spiro atoms. The number of benzene rings is 2. The largest absolute Gasteiger partial charge is 0.352 e. The molecule has 4 rings (SSSR count). The molecule has 2 fully saturated rings. The predicted molar refractivity (Wildman–Crippen MR) is 124 cm³/mol. The fourth-order valence-corrected chi connectivity index (χ4v) is 4.86. The fraction of sp³-hybridized carbons (Fsp3) is 0.407. The number of aryl methyl sites for hydroxylation is 1. The van der Waals surface area contributed by atoms with Gasteiger partial charge in [-0.25, -0.2) is 0 Å². The molecule has 0 unspecified atom stereocenters. The van der Waals surface area contributed by atoms with Crippen LogP contribution in [-0.4, -0.2) is 36.3 Å². The molecular weight excluding hydrogens is 384 g/mol. The van der Waals surface area contributed by atoms with Gasteiger partial charge in [0.15, 0.2) is 0 Å². The highest BCUT2D eigenvalue weighted by molar-refractivity contribution is 5.87. The molecule has 1 saturated heterocycles. The highest BCUT2D eigenvalue weighted by atomic mass is 16.2. The lowest BCUT2D eigenvalue weighted by Gasteiger charge is -2.29. The summed E-state index contributed by atoms with van der Waals surface area (Å²) in [6.45, 7) is 9.52. The fourth-order valence-electron chi connectivity index (χ4n) is 4.86. The first kappa shape index (κ1) is 21.4. The molecule has 2 amide bonds. The minimum absolute atomic E-state index is 0.0191. The lowest BCUT2D eigenvalue weighted by molar-refractivity contribution is -0.134. The molecule has 31 heavy (non-hydrogen) atoms. The molecule has 4 heteroatoms. The van der Waals surface area contributed by atoms with Crippen molar-refractivity contribution in [3.63, 3.8) is 0 Å². The van der Waals surface area contributed by atoms with Crippen LogP contribution >= 0.6 is 0 Å². The Balaban J connectivity index is 1.64. The van der Waals surface area contributed by atoms with Gasteiger partial charge >= 0.3 is 0 Å². The van der Waals surface area contributed by atoms with Crippen LogP contribution in [0.1, 0.15) is 30.9 Å². The molecule has 2 aliphatic rings. The minimum Gasteiger partial charge on any atom is -0.352 e. The van der Waals surface area contributed by atoms with Crippen LogP contribution in [0.25, 0.3) is 11.1 Å². The second kappa shape index (κ2) is 8.70. The SMILES string of the molecule is C=CCNC(=O)[C@]1(Cc2ccccc2-c2cccc(C)c2)CCN(C(=O)[C@@H]2C[C@H]2C)C1. The molecule has 2 aromatic rings. The van der Waals surface area contributed by atoms with Crippen molar-refractivity contribution in [1.29, 1.82) is 0 Å². The Hall–Kier alpha value is -2.88. The molecule has 2 aromatic carbocycles. The van der Waals surface area contributed by atoms with Crippen LogP contribution in [-0.2, 0) is 16.0 Å². The standard InChI is InChI=1S/C27H32N2O2/c1-4-13-28-26(31)27(12-14-29(18-27)25(30)24-16-20(24)3)17-22-9-5-6-11-23(22)21-10-7-8-19(2)15-21/h4-11,15,20,24H,1,12-14,16-18H2,2-3H3,(H,28,31)/t20-,24-,27+/m1/s1. The number of nitrogens with one attached hydrogen (secondary N) is 1. The van der Waals surface area contributed by atoms with E-state index < -0.39 is 5.41 Å². The summed E-state index contributed by atoms with van der Waals surface area (Å²) in [5.74, 6) is 0.856. The monoisotopic (exact) mass is 416 g/mol. The Bertz CT molecular complexity index is 998. The van der Waals surface area contributed by atoms with E-state index in [1.165, 1.54) is 5.56 Å². The number of hydrogen-bond donors (Lipinski definition) is 1. The van der Waals surface area contributed by atoms with Gasteiger partial charge in [-0.3, -0.25) is 9.59 Å². The van der Waals surface area contributed by atoms with E-state index in [-0.39, 0.29) is 17.7 Å². The molecule has 3 atom stereocenters. The van der Waals surface area contributed by atoms with Gasteiger partial charge in [0.1, 0.15) is 0 Å². The highest BCUT2D eigenvalue weighted by Gasteiger charge is 2.49. The maximum atomic E-state index is 13.4. The zero-order valence-electron chi connectivity index (χ0n) is 18.6. The van der Waals surface area contributed by atoms with Gasteiger partial charge in [0.2, 0.25) is 11.8 Å². The van der Waals surface area contributed by atoms with Crippen molar-refractivity contribution < 1.29 is 9.59 Å². The topological polar surface area (TPSA) is 49.4 Å². The van der Waals surface area contributed by atoms with Crippen molar-refractivity contribution in [1.82, 2.24) is 10.2 Å². The number of likely N-dealkylation sites (tertiary alicyclic amines) is 1. The summed E-state index contributed by atoms with van der Waals surface area (Å²) < 4.78 is 0. The van der Waals surface area contributed by atoms with Gasteiger partial charge < -0.3 is 10.2 Å². The van der Waals surface area contributed by atoms with Gasteiger partial charge in [0.05, 0.1) is 5.41 Å². The Labute approximate surface area is 185 Å². The molecule has 1 aliphatic heterocycles. The zero-order chi connectivity index (χ0) is 22.0. The molecule has 1 N–H and O–H groups in total. The summed E-state index contributed by atoms with van der Waals surface area (Å²) >= 11 is 0. The molecule has 4 nitrogen and oxygen atoms in total. The van der Waals surface area contributed by atoms with E-state index in [9.17, 15) is 9.59 Å². The van der Waals surface area contributed by atoms with Gasteiger partial charge in [-0.2, -0.15) is 0 Å². The van der Waals surface area contributed by atoms with Crippen LogP contribution in [0.4, 0.5) is 0 Å². The van der Waals surface area contributed by atoms with Crippen LogP contribution in [0.2, 0.25) is 0 Å². The zero-order valence-corrected chi connectivity index (χ0v) is 18.6. The second-order valence-corrected chi connectivity index (χ2v) is 9.31. The van der Waals surface area contributed by atoms with E-state index in [4.69, 9.17) is 0 Å². The van der Waals surface area contributed by atoms with Gasteiger partial charge in [-0.05, 0) is 48.8 Å². The third-order valence-electron chi connectivity index (χ3n) is 6.86. The average molecular weight is 417 g/mol. The van der Waals surface area contributed by atoms with Crippen molar-refractivity contribution in [2.24, 2.45) is 17.3 Å². The predicted octanol–water partition coefficient (Wildman–Crippen LogP) is 4.38. The lowest BCUT2D eigenvalue weighted by Crippen LogP contribution is -2.45. The summed E-state index contributed by atoms with van der Waals surface area (Å²) in [5.41, 5.74) is 4.06. The third-order valence-corrected chi connectivity index (χ3v) is 6.86. The van der Waals surface area contributed by atoms with Crippen LogP contribution in [0.5, 0.6) is 0 Å². The molecule has 1 heterocycles. The quantitative estimate of drug-likeness (QED) is 0.681. The van der Waals surface area contributed by atoms with Gasteiger partial charge in [0.25, 0.3) is 0 Å². The van der Waals surface area contributed by atoms with Gasteiger partial charge in [-0.15, -0.1) is 6.58 Å². The van der Waals surface area contributed by atoms with Crippen LogP contribution in [0.15, 0.2) is 61.2 Å². The maximum absolute atomic E-state index is 13.4. The van der Waals surface area contributed by atoms with Crippen molar-refractivity contribution in [2.45, 2.75) is 33.1 Å². The maximum Gasteiger partial charge on any atom is 0.228 e. The first-order valence-corrected chi connectivity index (χ1v) is 11.3. The van der Waals surface area contributed by atoms with Crippen LogP contribution < -0.4 is 5.32 Å². The van der Waals surface area contributed by atoms with Crippen LogP contribution in [0, 0.1) is 24.2 Å². The van der Waals surface area contributed by atoms with E-state index in [0.717, 1.165) is 23.1 Å². The summed E-state index contributed by atoms with van der Waals surface area (Å²) in [7, 11) is 0. The first-order chi connectivity index (χ1) is 14.9. The van der Waals surface area contributed by atoms with E-state index in [2.05, 4.69) is 62.1 Å². The number of amides is 2. The van der Waals surface area contributed by atoms with E-state index in [0.29, 0.717) is 38.4 Å². The Morgan fingerprint density at radius 3 is 2.71 bits per heavy atom. The molecule has 0 radical (unpaired) electrons. The number of rotatable bonds is 7. The molecular formula is C27H32N2O2. The van der Waals surface area contributed by atoms with Crippen molar-refractivity contribution in [3.8, 4) is 11.1 Å². The summed E-state index contributed by atoms with van der Waals surface area (Å²) in [6.07, 6.45) is 3.98. The lowest BCUT2D eigenvalue weighted by atomic mass is 9.78. The Morgan fingerprint density at radius 1 is 1.23 bits per heavy atom. The van der Waals surface area contributed by atoms with Gasteiger partial charge in [-0.1, -0.05) is 67.1 Å². The molecule has 0 bridgehead atoms. The third kappa shape index (κ3) is 4.43. The first-order valence-electron chi connectivity index (χ1n) is 11.3. The Kier molecular flexibility index (Phi) is 5.99. The normalized spacial score (nSPS) is 24.6. The number of hydrogen-bond acceptors (Lipinski definition) is 2. The molecule has 1 aliphatic carbocycles. The summed E-state index contributed by atoms with van der Waals surface area (Å²) in [5, 5.41) is 3.02. The molecule has 0 aromatic heterocycles. The minimum atomic E-state index is -0.614. The van der Waals surface area contributed by atoms with Gasteiger partial charge in [0, 0.05) is 25.6 Å². The van der Waals surface area contributed by atoms with E-state index in [1.54, 1.807) is 6.08 Å². The summed E-state index contributed by atoms with van der Waals surface area (Å²) in [6, 6.07) is 16.8. The second-order valence-electron chi connectivity index (χ2n) is 9.31.